The lowest BCUT2D eigenvalue weighted by Gasteiger charge is -2.10. The van der Waals surface area contributed by atoms with Crippen molar-refractivity contribution in [3.8, 4) is 0 Å². The molecule has 0 aliphatic carbocycles. The van der Waals surface area contributed by atoms with Crippen molar-refractivity contribution in [2.45, 2.75) is 13.5 Å². The maximum atomic E-state index is 12.2. The first kappa shape index (κ1) is 16.5. The SMILES string of the molecule is Cc1cn2c3c(=O)[nH]c(=O)n(C)c3nc2n1CCNc1ccccc1Cl. The number of fused-ring (bicyclic) bond motifs is 3. The molecule has 0 saturated heterocycles. The summed E-state index contributed by atoms with van der Waals surface area (Å²) >= 11 is 6.16. The molecule has 0 atom stereocenters. The van der Waals surface area contributed by atoms with Crippen LogP contribution in [0, 0.1) is 6.92 Å². The molecule has 0 fully saturated rings. The van der Waals surface area contributed by atoms with E-state index in [4.69, 9.17) is 11.6 Å². The largest absolute Gasteiger partial charge is 0.382 e. The van der Waals surface area contributed by atoms with Crippen molar-refractivity contribution in [2.75, 3.05) is 11.9 Å². The number of imidazole rings is 2. The Labute approximate surface area is 152 Å². The highest BCUT2D eigenvalue weighted by Crippen LogP contribution is 2.20. The summed E-state index contributed by atoms with van der Waals surface area (Å²) in [5, 5.41) is 3.96. The molecule has 0 spiro atoms. The lowest BCUT2D eigenvalue weighted by molar-refractivity contribution is 0.724. The Bertz CT molecular complexity index is 1250. The molecule has 9 heteroatoms. The van der Waals surface area contributed by atoms with Crippen LogP contribution in [0.4, 0.5) is 5.69 Å². The van der Waals surface area contributed by atoms with Crippen molar-refractivity contribution in [1.82, 2.24) is 23.5 Å². The second kappa shape index (κ2) is 6.06. The third-order valence-electron chi connectivity index (χ3n) is 4.44. The number of hydrogen-bond donors (Lipinski definition) is 2. The highest BCUT2D eigenvalue weighted by Gasteiger charge is 2.17. The number of aryl methyl sites for hydroxylation is 2. The highest BCUT2D eigenvalue weighted by molar-refractivity contribution is 6.33. The van der Waals surface area contributed by atoms with Crippen LogP contribution in [0.25, 0.3) is 16.9 Å². The van der Waals surface area contributed by atoms with E-state index in [1.54, 1.807) is 11.4 Å². The predicted molar refractivity (Wildman–Crippen MR) is 101 cm³/mol. The Morgan fingerprint density at radius 3 is 2.81 bits per heavy atom. The molecule has 1 aromatic carbocycles. The molecular weight excluding hydrogens is 356 g/mol. The summed E-state index contributed by atoms with van der Waals surface area (Å²) in [5.74, 6) is 0.616. The second-order valence-electron chi connectivity index (χ2n) is 6.10. The molecule has 2 N–H and O–H groups in total. The number of aromatic nitrogens is 5. The summed E-state index contributed by atoms with van der Waals surface area (Å²) in [6, 6.07) is 7.54. The number of rotatable bonds is 4. The smallest absolute Gasteiger partial charge is 0.329 e. The van der Waals surface area contributed by atoms with Gasteiger partial charge in [0.2, 0.25) is 5.78 Å². The van der Waals surface area contributed by atoms with Crippen LogP contribution in [0.5, 0.6) is 0 Å². The zero-order chi connectivity index (χ0) is 18.4. The fraction of sp³-hybridized carbons (Fsp3) is 0.235. The summed E-state index contributed by atoms with van der Waals surface area (Å²) in [7, 11) is 1.59. The van der Waals surface area contributed by atoms with Crippen LogP contribution in [0.2, 0.25) is 5.02 Å². The summed E-state index contributed by atoms with van der Waals surface area (Å²) in [6.07, 6.45) is 1.85. The molecule has 0 bridgehead atoms. The maximum absolute atomic E-state index is 12.2. The van der Waals surface area contributed by atoms with Crippen LogP contribution < -0.4 is 16.6 Å². The fourth-order valence-corrected chi connectivity index (χ4v) is 3.30. The summed E-state index contributed by atoms with van der Waals surface area (Å²) in [6.45, 7) is 3.21. The summed E-state index contributed by atoms with van der Waals surface area (Å²) < 4.78 is 5.05. The molecule has 0 unspecified atom stereocenters. The molecule has 3 heterocycles. The monoisotopic (exact) mass is 372 g/mol. The van der Waals surface area contributed by atoms with E-state index in [0.29, 0.717) is 35.1 Å². The first-order chi connectivity index (χ1) is 12.5. The Morgan fingerprint density at radius 1 is 1.27 bits per heavy atom. The van der Waals surface area contributed by atoms with Gasteiger partial charge in [0.1, 0.15) is 0 Å². The van der Waals surface area contributed by atoms with Crippen LogP contribution in [-0.2, 0) is 13.6 Å². The van der Waals surface area contributed by atoms with Gasteiger partial charge in [-0.3, -0.25) is 18.7 Å². The summed E-state index contributed by atoms with van der Waals surface area (Å²) in [5.41, 5.74) is 1.63. The molecule has 0 aliphatic heterocycles. The molecule has 8 nitrogen and oxygen atoms in total. The molecule has 26 heavy (non-hydrogen) atoms. The van der Waals surface area contributed by atoms with E-state index in [-0.39, 0.29) is 0 Å². The molecule has 134 valence electrons. The van der Waals surface area contributed by atoms with Crippen molar-refractivity contribution >= 4 is 34.2 Å². The quantitative estimate of drug-likeness (QED) is 0.571. The topological polar surface area (TPSA) is 89.1 Å². The second-order valence-corrected chi connectivity index (χ2v) is 6.51. The fourth-order valence-electron chi connectivity index (χ4n) is 3.10. The Kier molecular flexibility index (Phi) is 3.84. The van der Waals surface area contributed by atoms with Crippen LogP contribution in [0.15, 0.2) is 40.1 Å². The molecule has 4 aromatic rings. The van der Waals surface area contributed by atoms with Gasteiger partial charge in [0.25, 0.3) is 5.56 Å². The zero-order valence-corrected chi connectivity index (χ0v) is 15.0. The van der Waals surface area contributed by atoms with Gasteiger partial charge in [-0.05, 0) is 19.1 Å². The number of nitrogens with one attached hydrogen (secondary N) is 2. The number of anilines is 1. The van der Waals surface area contributed by atoms with E-state index in [0.717, 1.165) is 11.4 Å². The molecular formula is C17H17ClN6O2. The molecule has 0 amide bonds. The minimum atomic E-state index is -0.480. The van der Waals surface area contributed by atoms with Crippen molar-refractivity contribution in [1.29, 1.82) is 0 Å². The van der Waals surface area contributed by atoms with E-state index >= 15 is 0 Å². The van der Waals surface area contributed by atoms with Gasteiger partial charge in [-0.2, -0.15) is 4.98 Å². The standard InChI is InChI=1S/C17H17ClN6O2/c1-10-9-24-13-14(22(2)17(26)21-15(13)25)20-16(24)23(10)8-7-19-12-6-4-3-5-11(12)18/h3-6,9,19H,7-8H2,1-2H3,(H,21,25,26). The van der Waals surface area contributed by atoms with Crippen LogP contribution in [-0.4, -0.2) is 30.0 Å². The Morgan fingerprint density at radius 2 is 2.04 bits per heavy atom. The summed E-state index contributed by atoms with van der Waals surface area (Å²) in [4.78, 5) is 30.8. The minimum absolute atomic E-state index is 0.363. The Hall–Kier alpha value is -3.00. The van der Waals surface area contributed by atoms with Crippen LogP contribution >= 0.6 is 11.6 Å². The highest BCUT2D eigenvalue weighted by atomic mass is 35.5. The normalized spacial score (nSPS) is 11.5. The minimum Gasteiger partial charge on any atom is -0.382 e. The van der Waals surface area contributed by atoms with E-state index < -0.39 is 11.2 Å². The number of nitrogens with zero attached hydrogens (tertiary/aromatic N) is 4. The van der Waals surface area contributed by atoms with E-state index in [9.17, 15) is 9.59 Å². The lowest BCUT2D eigenvalue weighted by atomic mass is 10.3. The average Bonchev–Trinajstić information content (AvgIpc) is 3.11. The van der Waals surface area contributed by atoms with Gasteiger partial charge in [0.05, 0.1) is 10.7 Å². The molecule has 3 aromatic heterocycles. The lowest BCUT2D eigenvalue weighted by Crippen LogP contribution is -2.28. The van der Waals surface area contributed by atoms with Crippen molar-refractivity contribution in [2.24, 2.45) is 7.05 Å². The number of benzene rings is 1. The predicted octanol–water partition coefficient (Wildman–Crippen LogP) is 1.75. The third kappa shape index (κ3) is 2.50. The maximum Gasteiger partial charge on any atom is 0.329 e. The van der Waals surface area contributed by atoms with E-state index in [2.05, 4.69) is 15.3 Å². The van der Waals surface area contributed by atoms with Crippen LogP contribution in [0.1, 0.15) is 5.69 Å². The first-order valence-electron chi connectivity index (χ1n) is 8.13. The number of aromatic amines is 1. The van der Waals surface area contributed by atoms with Crippen molar-refractivity contribution in [3.63, 3.8) is 0 Å². The molecule has 0 saturated carbocycles. The average molecular weight is 373 g/mol. The number of hydrogen-bond acceptors (Lipinski definition) is 4. The number of halogens is 1. The number of para-hydroxylation sites is 1. The van der Waals surface area contributed by atoms with E-state index in [1.165, 1.54) is 4.57 Å². The van der Waals surface area contributed by atoms with Gasteiger partial charge in [-0.1, -0.05) is 23.7 Å². The van der Waals surface area contributed by atoms with Gasteiger partial charge in [-0.25, -0.2) is 4.79 Å². The number of H-pyrrole nitrogens is 1. The zero-order valence-electron chi connectivity index (χ0n) is 14.3. The van der Waals surface area contributed by atoms with Crippen LogP contribution in [0.3, 0.4) is 0 Å². The first-order valence-corrected chi connectivity index (χ1v) is 8.51. The molecule has 4 rings (SSSR count). The van der Waals surface area contributed by atoms with Gasteiger partial charge in [0, 0.05) is 32.0 Å². The van der Waals surface area contributed by atoms with Gasteiger partial charge in [-0.15, -0.1) is 0 Å². The van der Waals surface area contributed by atoms with Crippen molar-refractivity contribution in [3.05, 3.63) is 62.0 Å². The van der Waals surface area contributed by atoms with Gasteiger partial charge < -0.3 is 9.88 Å². The third-order valence-corrected chi connectivity index (χ3v) is 4.77. The van der Waals surface area contributed by atoms with Gasteiger partial charge in [0.15, 0.2) is 11.2 Å². The van der Waals surface area contributed by atoms with Gasteiger partial charge >= 0.3 is 5.69 Å². The molecule has 0 aliphatic rings. The molecule has 0 radical (unpaired) electrons. The van der Waals surface area contributed by atoms with Crippen molar-refractivity contribution < 1.29 is 0 Å². The van der Waals surface area contributed by atoms with E-state index in [1.807, 2.05) is 42.0 Å². The Balaban J connectivity index is 1.73.